The second-order valence-corrected chi connectivity index (χ2v) is 7.74. The Morgan fingerprint density at radius 1 is 1.32 bits per heavy atom. The minimum atomic E-state index is 0.543. The Labute approximate surface area is 153 Å². The Morgan fingerprint density at radius 2 is 2.20 bits per heavy atom. The molecule has 0 radical (unpaired) electrons. The normalized spacial score (nSPS) is 26.0. The molecule has 0 spiro atoms. The maximum atomic E-state index is 5.37. The summed E-state index contributed by atoms with van der Waals surface area (Å²) in [5.74, 6) is 1.94. The van der Waals surface area contributed by atoms with Gasteiger partial charge in [0.1, 0.15) is 0 Å². The number of likely N-dealkylation sites (tertiary alicyclic amines) is 1. The fraction of sp³-hybridized carbons (Fsp3) is 0.850. The average molecular weight is 349 g/mol. The molecular formula is C20H36N4O. The highest BCUT2D eigenvalue weighted by molar-refractivity contribution is 5.80. The number of guanidine groups is 1. The predicted octanol–water partition coefficient (Wildman–Crippen LogP) is 2.54. The lowest BCUT2D eigenvalue weighted by Gasteiger charge is -2.21. The highest BCUT2D eigenvalue weighted by atomic mass is 16.5. The van der Waals surface area contributed by atoms with E-state index in [2.05, 4.69) is 28.5 Å². The Balaban J connectivity index is 1.41. The first-order valence-corrected chi connectivity index (χ1v) is 10.4. The van der Waals surface area contributed by atoms with Gasteiger partial charge in [-0.1, -0.05) is 24.5 Å². The predicted molar refractivity (Wildman–Crippen MR) is 104 cm³/mol. The Kier molecular flexibility index (Phi) is 7.61. The van der Waals surface area contributed by atoms with Crippen molar-refractivity contribution in [2.75, 3.05) is 45.9 Å². The van der Waals surface area contributed by atoms with Gasteiger partial charge in [-0.15, -0.1) is 0 Å². The second-order valence-electron chi connectivity index (χ2n) is 7.74. The lowest BCUT2D eigenvalue weighted by Crippen LogP contribution is -2.44. The van der Waals surface area contributed by atoms with Crippen molar-refractivity contribution in [2.45, 2.75) is 57.9 Å². The van der Waals surface area contributed by atoms with Crippen LogP contribution >= 0.6 is 0 Å². The van der Waals surface area contributed by atoms with Crippen LogP contribution in [0, 0.1) is 5.92 Å². The van der Waals surface area contributed by atoms with Crippen LogP contribution in [-0.2, 0) is 4.74 Å². The van der Waals surface area contributed by atoms with Gasteiger partial charge >= 0.3 is 0 Å². The van der Waals surface area contributed by atoms with E-state index >= 15 is 0 Å². The number of aliphatic imine (C=N–C) groups is 1. The lowest BCUT2D eigenvalue weighted by molar-refractivity contribution is 0.153. The number of ether oxygens (including phenoxy) is 1. The van der Waals surface area contributed by atoms with Gasteiger partial charge in [0.2, 0.25) is 0 Å². The molecule has 1 aliphatic carbocycles. The van der Waals surface area contributed by atoms with E-state index in [1.54, 1.807) is 0 Å². The summed E-state index contributed by atoms with van der Waals surface area (Å²) >= 11 is 0. The van der Waals surface area contributed by atoms with Crippen molar-refractivity contribution in [3.8, 4) is 0 Å². The van der Waals surface area contributed by atoms with E-state index in [0.29, 0.717) is 6.04 Å². The van der Waals surface area contributed by atoms with Gasteiger partial charge in [-0.2, -0.15) is 0 Å². The van der Waals surface area contributed by atoms with Crippen LogP contribution in [0.3, 0.4) is 0 Å². The van der Waals surface area contributed by atoms with Gasteiger partial charge in [0.05, 0.1) is 13.2 Å². The molecule has 142 valence electrons. The van der Waals surface area contributed by atoms with Crippen LogP contribution in [0.5, 0.6) is 0 Å². The third-order valence-corrected chi connectivity index (χ3v) is 5.71. The number of nitrogens with zero attached hydrogens (tertiary/aromatic N) is 2. The quantitative estimate of drug-likeness (QED) is 0.422. The fourth-order valence-corrected chi connectivity index (χ4v) is 4.29. The number of hydrogen-bond donors (Lipinski definition) is 2. The molecule has 25 heavy (non-hydrogen) atoms. The Morgan fingerprint density at radius 3 is 2.96 bits per heavy atom. The number of hydrogen-bond acceptors (Lipinski definition) is 3. The van der Waals surface area contributed by atoms with E-state index in [1.165, 1.54) is 57.3 Å². The van der Waals surface area contributed by atoms with Crippen molar-refractivity contribution in [1.29, 1.82) is 0 Å². The third-order valence-electron chi connectivity index (χ3n) is 5.71. The topological polar surface area (TPSA) is 48.9 Å². The summed E-state index contributed by atoms with van der Waals surface area (Å²) in [6.45, 7) is 9.27. The van der Waals surface area contributed by atoms with Crippen LogP contribution in [0.2, 0.25) is 0 Å². The highest BCUT2D eigenvalue weighted by Crippen LogP contribution is 2.26. The van der Waals surface area contributed by atoms with Crippen LogP contribution in [-0.4, -0.2) is 62.8 Å². The molecule has 1 atom stereocenters. The van der Waals surface area contributed by atoms with E-state index in [1.807, 2.05) is 0 Å². The molecule has 2 fully saturated rings. The van der Waals surface area contributed by atoms with E-state index in [9.17, 15) is 0 Å². The number of rotatable bonds is 7. The first-order chi connectivity index (χ1) is 12.3. The summed E-state index contributed by atoms with van der Waals surface area (Å²) in [6, 6.07) is 0.543. The Bertz CT molecular complexity index is 457. The summed E-state index contributed by atoms with van der Waals surface area (Å²) in [4.78, 5) is 7.45. The van der Waals surface area contributed by atoms with Gasteiger partial charge in [-0.3, -0.25) is 4.99 Å². The number of nitrogens with one attached hydrogen (secondary N) is 2. The second kappa shape index (κ2) is 10.2. The fourth-order valence-electron chi connectivity index (χ4n) is 4.29. The molecule has 1 unspecified atom stereocenters. The first kappa shape index (κ1) is 18.7. The summed E-state index contributed by atoms with van der Waals surface area (Å²) < 4.78 is 5.37. The van der Waals surface area contributed by atoms with Gasteiger partial charge in [0.25, 0.3) is 0 Å². The lowest BCUT2D eigenvalue weighted by atomic mass is 10.1. The van der Waals surface area contributed by atoms with Crippen LogP contribution in [0.4, 0.5) is 0 Å². The molecule has 2 heterocycles. The van der Waals surface area contributed by atoms with E-state index in [0.717, 1.165) is 51.0 Å². The highest BCUT2D eigenvalue weighted by Gasteiger charge is 2.26. The first-order valence-electron chi connectivity index (χ1n) is 10.4. The van der Waals surface area contributed by atoms with Gasteiger partial charge < -0.3 is 20.3 Å². The van der Waals surface area contributed by atoms with Gasteiger partial charge in [0, 0.05) is 38.8 Å². The van der Waals surface area contributed by atoms with Crippen molar-refractivity contribution in [3.05, 3.63) is 11.6 Å². The molecule has 5 nitrogen and oxygen atoms in total. The van der Waals surface area contributed by atoms with Gasteiger partial charge in [0.15, 0.2) is 5.96 Å². The van der Waals surface area contributed by atoms with Crippen molar-refractivity contribution in [3.63, 3.8) is 0 Å². The smallest absolute Gasteiger partial charge is 0.191 e. The van der Waals surface area contributed by atoms with Gasteiger partial charge in [-0.25, -0.2) is 0 Å². The third kappa shape index (κ3) is 6.30. The van der Waals surface area contributed by atoms with Crippen molar-refractivity contribution >= 4 is 5.96 Å². The summed E-state index contributed by atoms with van der Waals surface area (Å²) in [5.41, 5.74) is 1.49. The molecule has 2 aliphatic heterocycles. The van der Waals surface area contributed by atoms with Gasteiger partial charge in [-0.05, 0) is 44.9 Å². The zero-order valence-corrected chi connectivity index (χ0v) is 15.9. The molecule has 0 aromatic heterocycles. The largest absolute Gasteiger partial charge is 0.377 e. The van der Waals surface area contributed by atoms with Crippen LogP contribution < -0.4 is 10.6 Å². The van der Waals surface area contributed by atoms with Crippen molar-refractivity contribution < 1.29 is 4.74 Å². The standard InChI is InChI=1S/C20H36N4O/c1-2-21-20(22-11-7-17-9-13-25-14-10-17)23-19-8-12-24(16-19)15-18-5-3-4-6-18/h9,18-19H,2-8,10-16H2,1H3,(H2,21,22,23). The molecule has 3 rings (SSSR count). The molecule has 5 heteroatoms. The zero-order valence-electron chi connectivity index (χ0n) is 15.9. The maximum Gasteiger partial charge on any atom is 0.191 e. The zero-order chi connectivity index (χ0) is 17.3. The molecular weight excluding hydrogens is 312 g/mol. The maximum absolute atomic E-state index is 5.37. The van der Waals surface area contributed by atoms with Crippen LogP contribution in [0.15, 0.2) is 16.6 Å². The summed E-state index contributed by atoms with van der Waals surface area (Å²) in [6.07, 6.45) is 11.4. The van der Waals surface area contributed by atoms with E-state index in [-0.39, 0.29) is 0 Å². The minimum Gasteiger partial charge on any atom is -0.377 e. The minimum absolute atomic E-state index is 0.543. The SMILES string of the molecule is CCNC(=NCCC1=CCOCC1)NC1CCN(CC2CCCC2)C1. The molecule has 0 bridgehead atoms. The molecule has 1 saturated carbocycles. The van der Waals surface area contributed by atoms with Crippen molar-refractivity contribution in [1.82, 2.24) is 15.5 Å². The van der Waals surface area contributed by atoms with Crippen LogP contribution in [0.1, 0.15) is 51.9 Å². The summed E-state index contributed by atoms with van der Waals surface area (Å²) in [5, 5.41) is 7.07. The molecule has 3 aliphatic rings. The van der Waals surface area contributed by atoms with Crippen molar-refractivity contribution in [2.24, 2.45) is 10.9 Å². The van der Waals surface area contributed by atoms with E-state index in [4.69, 9.17) is 9.73 Å². The van der Waals surface area contributed by atoms with E-state index < -0.39 is 0 Å². The molecule has 0 amide bonds. The monoisotopic (exact) mass is 348 g/mol. The Hall–Kier alpha value is -1.07. The molecule has 1 saturated heterocycles. The molecule has 0 aromatic carbocycles. The average Bonchev–Trinajstić information content (AvgIpc) is 3.29. The molecule has 2 N–H and O–H groups in total. The van der Waals surface area contributed by atoms with Crippen LogP contribution in [0.25, 0.3) is 0 Å². The summed E-state index contributed by atoms with van der Waals surface area (Å²) in [7, 11) is 0. The molecule has 0 aromatic rings.